The van der Waals surface area contributed by atoms with E-state index in [9.17, 15) is 32.7 Å². The molecular formula is C22H18F3N3O4. The van der Waals surface area contributed by atoms with Crippen LogP contribution in [-0.2, 0) is 13.1 Å². The van der Waals surface area contributed by atoms with Crippen LogP contribution in [0.2, 0.25) is 0 Å². The SMILES string of the molecule is O=C(NCc1cc(F)c(F)cc1F)c1cn2c(c(O)c1=O)C(=O)N1C(C2)C2C[C@H]1[C@H]1CC21. The summed E-state index contributed by atoms with van der Waals surface area (Å²) >= 11 is 0. The number of piperidine rings is 1. The summed E-state index contributed by atoms with van der Waals surface area (Å²) in [6, 6.07) is 1.11. The molecule has 3 unspecified atom stereocenters. The van der Waals surface area contributed by atoms with E-state index in [0.29, 0.717) is 36.4 Å². The number of pyridine rings is 1. The molecule has 32 heavy (non-hydrogen) atoms. The lowest BCUT2D eigenvalue weighted by Gasteiger charge is -2.40. The van der Waals surface area contributed by atoms with Crippen LogP contribution >= 0.6 is 0 Å². The molecule has 10 heteroatoms. The first-order valence-corrected chi connectivity index (χ1v) is 10.5. The van der Waals surface area contributed by atoms with Crippen molar-refractivity contribution < 1.29 is 27.9 Å². The maximum absolute atomic E-state index is 13.8. The number of halogens is 3. The molecule has 6 rings (SSSR count). The fourth-order valence-electron chi connectivity index (χ4n) is 6.01. The highest BCUT2D eigenvalue weighted by Gasteiger charge is 2.66. The molecule has 2 N–H and O–H groups in total. The number of aromatic nitrogens is 1. The van der Waals surface area contributed by atoms with Gasteiger partial charge in [-0.05, 0) is 36.7 Å². The van der Waals surface area contributed by atoms with E-state index < -0.39 is 52.6 Å². The topological polar surface area (TPSA) is 91.6 Å². The van der Waals surface area contributed by atoms with Crippen molar-refractivity contribution >= 4 is 11.8 Å². The van der Waals surface area contributed by atoms with Gasteiger partial charge in [0.1, 0.15) is 11.4 Å². The minimum atomic E-state index is -1.35. The maximum Gasteiger partial charge on any atom is 0.275 e. The average Bonchev–Trinajstić information content (AvgIpc) is 3.37. The van der Waals surface area contributed by atoms with Crippen LogP contribution < -0.4 is 10.7 Å². The van der Waals surface area contributed by atoms with Crippen molar-refractivity contribution in [1.82, 2.24) is 14.8 Å². The Hall–Kier alpha value is -3.30. The fraction of sp³-hybridized carbons (Fsp3) is 0.409. The van der Waals surface area contributed by atoms with E-state index in [4.69, 9.17) is 0 Å². The van der Waals surface area contributed by atoms with Crippen molar-refractivity contribution in [3.05, 3.63) is 62.8 Å². The number of hydrogen-bond acceptors (Lipinski definition) is 4. The smallest absolute Gasteiger partial charge is 0.275 e. The number of aromatic hydroxyl groups is 1. The fourth-order valence-corrected chi connectivity index (χ4v) is 6.01. The van der Waals surface area contributed by atoms with Crippen molar-refractivity contribution in [3.63, 3.8) is 0 Å². The minimum Gasteiger partial charge on any atom is -0.503 e. The van der Waals surface area contributed by atoms with Gasteiger partial charge in [-0.1, -0.05) is 0 Å². The lowest BCUT2D eigenvalue weighted by atomic mass is 9.94. The summed E-state index contributed by atoms with van der Waals surface area (Å²) < 4.78 is 41.7. The first-order chi connectivity index (χ1) is 15.3. The third-order valence-corrected chi connectivity index (χ3v) is 7.51. The average molecular weight is 445 g/mol. The van der Waals surface area contributed by atoms with Crippen LogP contribution in [0.5, 0.6) is 5.75 Å². The summed E-state index contributed by atoms with van der Waals surface area (Å²) in [4.78, 5) is 40.2. The quantitative estimate of drug-likeness (QED) is 0.705. The Kier molecular flexibility index (Phi) is 3.86. The maximum atomic E-state index is 13.8. The first-order valence-electron chi connectivity index (χ1n) is 10.5. The minimum absolute atomic E-state index is 0.0298. The van der Waals surface area contributed by atoms with Crippen molar-refractivity contribution in [1.29, 1.82) is 0 Å². The van der Waals surface area contributed by atoms with E-state index in [2.05, 4.69) is 5.32 Å². The van der Waals surface area contributed by atoms with Gasteiger partial charge in [0.15, 0.2) is 23.1 Å². The third-order valence-electron chi connectivity index (χ3n) is 7.51. The Morgan fingerprint density at radius 3 is 2.53 bits per heavy atom. The van der Waals surface area contributed by atoms with Gasteiger partial charge in [0.25, 0.3) is 11.8 Å². The number of carbonyl (C=O) groups excluding carboxylic acids is 2. The summed E-state index contributed by atoms with van der Waals surface area (Å²) in [6.07, 6.45) is 3.27. The number of nitrogens with zero attached hydrogens (tertiary/aromatic N) is 2. The first kappa shape index (κ1) is 19.4. The van der Waals surface area contributed by atoms with Crippen LogP contribution in [0.15, 0.2) is 23.1 Å². The third kappa shape index (κ3) is 2.52. The largest absolute Gasteiger partial charge is 0.503 e. The van der Waals surface area contributed by atoms with Gasteiger partial charge < -0.3 is 19.9 Å². The molecule has 2 amide bonds. The normalized spacial score (nSPS) is 28.9. The van der Waals surface area contributed by atoms with Gasteiger partial charge in [-0.25, -0.2) is 13.2 Å². The van der Waals surface area contributed by atoms with Crippen LogP contribution in [0.1, 0.15) is 39.3 Å². The highest BCUT2D eigenvalue weighted by molar-refractivity contribution is 5.99. The van der Waals surface area contributed by atoms with E-state index in [0.717, 1.165) is 12.8 Å². The Morgan fingerprint density at radius 1 is 1.03 bits per heavy atom. The van der Waals surface area contributed by atoms with Gasteiger partial charge in [0, 0.05) is 37.0 Å². The van der Waals surface area contributed by atoms with Crippen LogP contribution in [0.3, 0.4) is 0 Å². The molecule has 7 nitrogen and oxygen atoms in total. The molecule has 2 aliphatic heterocycles. The standard InChI is InChI=1S/C22H18F3N3O4/c23-13-4-15(25)14(24)1-8(13)5-26-21(31)12-6-27-7-17-11-3-16(10-2-9(10)11)28(17)22(32)18(27)20(30)19(12)29/h1,4,6,9-11,16-17,30H,2-3,5,7H2,(H,26,31)/t9?,10-,11?,16-,17?/m0/s1. The molecule has 4 aliphatic rings. The molecule has 166 valence electrons. The van der Waals surface area contributed by atoms with Gasteiger partial charge in [0.05, 0.1) is 6.04 Å². The highest BCUT2D eigenvalue weighted by Crippen LogP contribution is 2.64. The van der Waals surface area contributed by atoms with Crippen LogP contribution in [0.4, 0.5) is 13.2 Å². The number of fused-ring (bicyclic) bond motifs is 9. The number of nitrogens with one attached hydrogen (secondary N) is 1. The zero-order valence-corrected chi connectivity index (χ0v) is 16.6. The summed E-state index contributed by atoms with van der Waals surface area (Å²) in [5.74, 6) is -4.26. The Labute approximate surface area is 179 Å². The molecule has 2 aromatic rings. The Morgan fingerprint density at radius 2 is 1.75 bits per heavy atom. The highest BCUT2D eigenvalue weighted by atomic mass is 19.2. The lowest BCUT2D eigenvalue weighted by Crippen LogP contribution is -2.53. The summed E-state index contributed by atoms with van der Waals surface area (Å²) in [7, 11) is 0. The molecule has 5 atom stereocenters. The van der Waals surface area contributed by atoms with E-state index in [-0.39, 0.29) is 23.3 Å². The molecule has 0 spiro atoms. The second kappa shape index (κ2) is 6.36. The van der Waals surface area contributed by atoms with Gasteiger partial charge in [-0.2, -0.15) is 0 Å². The van der Waals surface area contributed by atoms with Crippen LogP contribution in [-0.4, -0.2) is 38.5 Å². The Bertz CT molecular complexity index is 1280. The van der Waals surface area contributed by atoms with Crippen LogP contribution in [0.25, 0.3) is 0 Å². The monoisotopic (exact) mass is 445 g/mol. The molecule has 1 aromatic carbocycles. The van der Waals surface area contributed by atoms with E-state index >= 15 is 0 Å². The summed E-state index contributed by atoms with van der Waals surface area (Å²) in [5.41, 5.74) is -1.85. The summed E-state index contributed by atoms with van der Waals surface area (Å²) in [6.45, 7) is -0.122. The number of rotatable bonds is 3. The molecule has 0 radical (unpaired) electrons. The molecule has 2 saturated carbocycles. The predicted molar refractivity (Wildman–Crippen MR) is 103 cm³/mol. The summed E-state index contributed by atoms with van der Waals surface area (Å²) in [5, 5.41) is 12.8. The number of benzene rings is 1. The molecule has 3 fully saturated rings. The van der Waals surface area contributed by atoms with Crippen molar-refractivity contribution in [3.8, 4) is 5.75 Å². The van der Waals surface area contributed by atoms with Crippen LogP contribution in [0, 0.1) is 35.2 Å². The number of carbonyl (C=O) groups is 2. The predicted octanol–water partition coefficient (Wildman–Crippen LogP) is 1.76. The molecule has 1 saturated heterocycles. The number of hydrogen-bond donors (Lipinski definition) is 2. The molecule has 1 aromatic heterocycles. The second-order valence-electron chi connectivity index (χ2n) is 9.07. The second-order valence-corrected chi connectivity index (χ2v) is 9.07. The zero-order chi connectivity index (χ0) is 22.5. The van der Waals surface area contributed by atoms with Crippen molar-refractivity contribution in [2.45, 2.75) is 38.0 Å². The van der Waals surface area contributed by atoms with Gasteiger partial charge in [0.2, 0.25) is 5.43 Å². The zero-order valence-electron chi connectivity index (χ0n) is 16.6. The Balaban J connectivity index is 1.30. The van der Waals surface area contributed by atoms with E-state index in [1.807, 2.05) is 0 Å². The van der Waals surface area contributed by atoms with Crippen molar-refractivity contribution in [2.75, 3.05) is 0 Å². The van der Waals surface area contributed by atoms with E-state index in [1.54, 1.807) is 4.90 Å². The van der Waals surface area contributed by atoms with Gasteiger partial charge >= 0.3 is 0 Å². The molecule has 2 bridgehead atoms. The number of amides is 2. The van der Waals surface area contributed by atoms with Gasteiger partial charge in [-0.3, -0.25) is 14.4 Å². The van der Waals surface area contributed by atoms with Gasteiger partial charge in [-0.15, -0.1) is 0 Å². The molecule has 3 heterocycles. The van der Waals surface area contributed by atoms with Crippen molar-refractivity contribution in [2.24, 2.45) is 17.8 Å². The van der Waals surface area contributed by atoms with E-state index in [1.165, 1.54) is 10.8 Å². The molecule has 2 aliphatic carbocycles. The molecular weight excluding hydrogens is 427 g/mol. The lowest BCUT2D eigenvalue weighted by molar-refractivity contribution is 0.0465.